The molecule has 0 aromatic carbocycles. The molecule has 106 valence electrons. The molecule has 0 aromatic heterocycles. The number of hydrazine groups is 2. The Bertz CT molecular complexity index is 274. The number of ether oxygens (including phenoxy) is 1. The van der Waals surface area contributed by atoms with E-state index in [2.05, 4.69) is 11.0 Å². The summed E-state index contributed by atoms with van der Waals surface area (Å²) in [6.45, 7) is 9.70. The van der Waals surface area contributed by atoms with E-state index in [1.54, 1.807) is 27.7 Å². The van der Waals surface area contributed by atoms with Crippen LogP contribution in [0.4, 0.5) is 4.79 Å². The average Bonchev–Trinajstić information content (AvgIpc) is 2.26. The lowest BCUT2D eigenvalue weighted by molar-refractivity contribution is -0.135. The van der Waals surface area contributed by atoms with Crippen LogP contribution in [0, 0.1) is 0 Å². The molecule has 0 aliphatic carbocycles. The molecule has 0 saturated heterocycles. The molecule has 0 aliphatic rings. The number of nitrogens with zero attached hydrogens (tertiary/aromatic N) is 1. The maximum atomic E-state index is 11.6. The summed E-state index contributed by atoms with van der Waals surface area (Å²) in [4.78, 5) is 23.0. The van der Waals surface area contributed by atoms with Gasteiger partial charge in [-0.2, -0.15) is 0 Å². The van der Waals surface area contributed by atoms with Gasteiger partial charge in [0.2, 0.25) is 5.91 Å². The van der Waals surface area contributed by atoms with E-state index >= 15 is 0 Å². The average molecular weight is 259 g/mol. The summed E-state index contributed by atoms with van der Waals surface area (Å²) < 4.78 is 5.06. The first-order valence-corrected chi connectivity index (χ1v) is 6.35. The molecule has 0 spiro atoms. The molecule has 0 fully saturated rings. The zero-order valence-electron chi connectivity index (χ0n) is 12.0. The van der Waals surface area contributed by atoms with Crippen molar-refractivity contribution in [2.24, 2.45) is 0 Å². The lowest BCUT2D eigenvalue weighted by Gasteiger charge is -2.25. The fourth-order valence-electron chi connectivity index (χ4n) is 1.17. The Morgan fingerprint density at radius 2 is 1.83 bits per heavy atom. The Morgan fingerprint density at radius 1 is 1.22 bits per heavy atom. The SMILES string of the molecule is CCCCN(NNC(=O)OC(C)(C)C)C(=O)CC. The van der Waals surface area contributed by atoms with Gasteiger partial charge in [-0.3, -0.25) is 9.80 Å². The van der Waals surface area contributed by atoms with Crippen molar-refractivity contribution in [2.45, 2.75) is 59.5 Å². The van der Waals surface area contributed by atoms with Crippen molar-refractivity contribution in [3.8, 4) is 0 Å². The van der Waals surface area contributed by atoms with Gasteiger partial charge < -0.3 is 4.74 Å². The molecule has 0 atom stereocenters. The molecule has 0 bridgehead atoms. The molecular formula is C12H25N3O3. The largest absolute Gasteiger partial charge is 0.443 e. The third kappa shape index (κ3) is 7.89. The second kappa shape index (κ2) is 7.92. The molecule has 0 radical (unpaired) electrons. The van der Waals surface area contributed by atoms with Crippen molar-refractivity contribution < 1.29 is 14.3 Å². The van der Waals surface area contributed by atoms with Crippen LogP contribution in [-0.2, 0) is 9.53 Å². The second-order valence-corrected chi connectivity index (χ2v) is 4.99. The maximum Gasteiger partial charge on any atom is 0.423 e. The number of amides is 2. The van der Waals surface area contributed by atoms with Crippen LogP contribution < -0.4 is 11.0 Å². The van der Waals surface area contributed by atoms with E-state index < -0.39 is 11.7 Å². The smallest absolute Gasteiger partial charge is 0.423 e. The molecular weight excluding hydrogens is 234 g/mol. The minimum absolute atomic E-state index is 0.0699. The first-order chi connectivity index (χ1) is 8.30. The van der Waals surface area contributed by atoms with Gasteiger partial charge in [0.05, 0.1) is 0 Å². The lowest BCUT2D eigenvalue weighted by atomic mass is 10.2. The zero-order chi connectivity index (χ0) is 14.2. The predicted octanol–water partition coefficient (Wildman–Crippen LogP) is 1.97. The summed E-state index contributed by atoms with van der Waals surface area (Å²) in [7, 11) is 0. The highest BCUT2D eigenvalue weighted by atomic mass is 16.6. The fourth-order valence-corrected chi connectivity index (χ4v) is 1.17. The Kier molecular flexibility index (Phi) is 7.35. The number of carbonyl (C=O) groups excluding carboxylic acids is 2. The zero-order valence-corrected chi connectivity index (χ0v) is 12.0. The van der Waals surface area contributed by atoms with Crippen LogP contribution in [0.3, 0.4) is 0 Å². The third-order valence-electron chi connectivity index (χ3n) is 2.03. The quantitative estimate of drug-likeness (QED) is 0.715. The van der Waals surface area contributed by atoms with Crippen molar-refractivity contribution in [3.63, 3.8) is 0 Å². The van der Waals surface area contributed by atoms with Crippen LogP contribution in [-0.4, -0.2) is 29.2 Å². The van der Waals surface area contributed by atoms with Gasteiger partial charge in [-0.1, -0.05) is 20.3 Å². The predicted molar refractivity (Wildman–Crippen MR) is 69.4 cm³/mol. The maximum absolute atomic E-state index is 11.6. The van der Waals surface area contributed by atoms with Crippen LogP contribution in [0.2, 0.25) is 0 Å². The number of rotatable bonds is 6. The summed E-state index contributed by atoms with van der Waals surface area (Å²) >= 11 is 0. The van der Waals surface area contributed by atoms with Gasteiger partial charge in [-0.05, 0) is 27.2 Å². The summed E-state index contributed by atoms with van der Waals surface area (Å²) in [6.07, 6.45) is 1.62. The number of carbonyl (C=O) groups is 2. The van der Waals surface area contributed by atoms with Gasteiger partial charge in [0.25, 0.3) is 0 Å². The molecule has 0 aromatic rings. The summed E-state index contributed by atoms with van der Waals surface area (Å²) in [5, 5.41) is 1.40. The highest BCUT2D eigenvalue weighted by Crippen LogP contribution is 2.06. The second-order valence-electron chi connectivity index (χ2n) is 4.99. The molecule has 2 N–H and O–H groups in total. The van der Waals surface area contributed by atoms with Gasteiger partial charge in [-0.25, -0.2) is 10.2 Å². The van der Waals surface area contributed by atoms with Crippen molar-refractivity contribution in [1.82, 2.24) is 16.0 Å². The number of unbranched alkanes of at least 4 members (excludes halogenated alkanes) is 1. The molecule has 18 heavy (non-hydrogen) atoms. The molecule has 0 unspecified atom stereocenters. The molecule has 6 heteroatoms. The van der Waals surface area contributed by atoms with Crippen LogP contribution in [0.25, 0.3) is 0 Å². The van der Waals surface area contributed by atoms with E-state index in [1.165, 1.54) is 5.01 Å². The van der Waals surface area contributed by atoms with Gasteiger partial charge >= 0.3 is 6.09 Å². The third-order valence-corrected chi connectivity index (χ3v) is 2.03. The van der Waals surface area contributed by atoms with Crippen LogP contribution in [0.1, 0.15) is 53.9 Å². The van der Waals surface area contributed by atoms with Gasteiger partial charge in [0.1, 0.15) is 5.60 Å². The van der Waals surface area contributed by atoms with Crippen molar-refractivity contribution in [1.29, 1.82) is 0 Å². The molecule has 2 amide bonds. The van der Waals surface area contributed by atoms with Crippen molar-refractivity contribution in [3.05, 3.63) is 0 Å². The summed E-state index contributed by atoms with van der Waals surface area (Å²) in [6, 6.07) is 0. The molecule has 0 aliphatic heterocycles. The number of hydrogen-bond donors (Lipinski definition) is 2. The number of nitrogens with one attached hydrogen (secondary N) is 2. The first-order valence-electron chi connectivity index (χ1n) is 6.35. The first kappa shape index (κ1) is 16.7. The summed E-state index contributed by atoms with van der Waals surface area (Å²) in [5.41, 5.74) is 4.38. The highest BCUT2D eigenvalue weighted by Gasteiger charge is 2.17. The Balaban J connectivity index is 4.17. The minimum Gasteiger partial charge on any atom is -0.443 e. The van der Waals surface area contributed by atoms with Gasteiger partial charge in [-0.15, -0.1) is 5.53 Å². The Hall–Kier alpha value is -1.30. The van der Waals surface area contributed by atoms with Crippen molar-refractivity contribution >= 4 is 12.0 Å². The highest BCUT2D eigenvalue weighted by molar-refractivity contribution is 5.75. The monoisotopic (exact) mass is 259 g/mol. The van der Waals surface area contributed by atoms with Crippen LogP contribution in [0.5, 0.6) is 0 Å². The molecule has 0 saturated carbocycles. The van der Waals surface area contributed by atoms with E-state index in [1.807, 2.05) is 6.92 Å². The van der Waals surface area contributed by atoms with Crippen molar-refractivity contribution in [2.75, 3.05) is 6.54 Å². The van der Waals surface area contributed by atoms with E-state index in [0.717, 1.165) is 12.8 Å². The van der Waals surface area contributed by atoms with E-state index in [4.69, 9.17) is 4.74 Å². The molecule has 0 rings (SSSR count). The van der Waals surface area contributed by atoms with Crippen LogP contribution >= 0.6 is 0 Å². The standard InChI is InChI=1S/C12H25N3O3/c1-6-8-9-15(10(16)7-2)14-13-11(17)18-12(3,4)5/h14H,6-9H2,1-5H3,(H,13,17). The lowest BCUT2D eigenvalue weighted by Crippen LogP contribution is -2.53. The van der Waals surface area contributed by atoms with Gasteiger partial charge in [0, 0.05) is 13.0 Å². The Labute approximate surface area is 109 Å². The normalized spacial score (nSPS) is 10.9. The van der Waals surface area contributed by atoms with E-state index in [9.17, 15) is 9.59 Å². The fraction of sp³-hybridized carbons (Fsp3) is 0.833. The topological polar surface area (TPSA) is 70.7 Å². The van der Waals surface area contributed by atoms with Gasteiger partial charge in [0.15, 0.2) is 0 Å². The van der Waals surface area contributed by atoms with Crippen LogP contribution in [0.15, 0.2) is 0 Å². The van der Waals surface area contributed by atoms with E-state index in [0.29, 0.717) is 13.0 Å². The molecule has 0 heterocycles. The number of hydrogen-bond acceptors (Lipinski definition) is 4. The summed E-state index contributed by atoms with van der Waals surface area (Å²) in [5.74, 6) is -0.0699. The van der Waals surface area contributed by atoms with E-state index in [-0.39, 0.29) is 5.91 Å². The Morgan fingerprint density at radius 3 is 2.28 bits per heavy atom. The molecule has 6 nitrogen and oxygen atoms in total. The minimum atomic E-state index is -0.604.